The lowest BCUT2D eigenvalue weighted by atomic mass is 9.62. The fraction of sp³-hybridized carbons (Fsp3) is 0.562. The van der Waals surface area contributed by atoms with E-state index < -0.39 is 5.60 Å². The third-order valence-electron chi connectivity index (χ3n) is 5.38. The van der Waals surface area contributed by atoms with E-state index in [0.717, 1.165) is 6.42 Å². The van der Waals surface area contributed by atoms with Gasteiger partial charge in [0.05, 0.1) is 11.3 Å². The maximum atomic E-state index is 11.1. The molecule has 0 unspecified atom stereocenters. The van der Waals surface area contributed by atoms with Crippen LogP contribution in [-0.4, -0.2) is 15.7 Å². The number of fused-ring (bicyclic) bond motifs is 5. The molecule has 2 fully saturated rings. The summed E-state index contributed by atoms with van der Waals surface area (Å²) in [5, 5.41) is 11.1. The van der Waals surface area contributed by atoms with Crippen LogP contribution < -0.4 is 0 Å². The molecule has 0 bridgehead atoms. The van der Waals surface area contributed by atoms with E-state index in [1.54, 1.807) is 0 Å². The monoisotopic (exact) mass is 241 g/mol. The second-order valence-electron chi connectivity index (χ2n) is 6.13. The average molecular weight is 241 g/mol. The zero-order chi connectivity index (χ0) is 12.2. The summed E-state index contributed by atoms with van der Waals surface area (Å²) >= 11 is 0. The Hall–Kier alpha value is -1.15. The van der Waals surface area contributed by atoms with Crippen LogP contribution in [0.4, 0.5) is 0 Å². The number of aromatic nitrogens is 1. The molecule has 3 aliphatic carbocycles. The van der Waals surface area contributed by atoms with Gasteiger partial charge < -0.3 is 5.11 Å². The van der Waals surface area contributed by atoms with Crippen LogP contribution in [0.25, 0.3) is 6.08 Å². The summed E-state index contributed by atoms with van der Waals surface area (Å²) in [6, 6.07) is 4.14. The highest BCUT2D eigenvalue weighted by Gasteiger charge is 2.53. The van der Waals surface area contributed by atoms with Crippen molar-refractivity contribution in [3.05, 3.63) is 35.7 Å². The minimum Gasteiger partial charge on any atom is -0.389 e. The summed E-state index contributed by atoms with van der Waals surface area (Å²) in [6.07, 6.45) is 12.0. The Morgan fingerprint density at radius 1 is 1.28 bits per heavy atom. The SMILES string of the molecule is O[C@@]12CCC[C@@H]1CC[C@@H]1c3ncccc3C=C[C@@H]12. The van der Waals surface area contributed by atoms with E-state index in [1.165, 1.54) is 36.9 Å². The van der Waals surface area contributed by atoms with Gasteiger partial charge in [0.1, 0.15) is 0 Å². The highest BCUT2D eigenvalue weighted by Crippen LogP contribution is 2.55. The van der Waals surface area contributed by atoms with Crippen LogP contribution >= 0.6 is 0 Å². The standard InChI is InChI=1S/C16H19NO/c18-16-9-1-4-12(16)6-7-13-14(16)8-5-11-3-2-10-17-15(11)13/h2-3,5,8,10,12-14,18H,1,4,6-7,9H2/t12-,13+,14+,16+/m1/s1. The summed E-state index contributed by atoms with van der Waals surface area (Å²) in [7, 11) is 0. The second-order valence-corrected chi connectivity index (χ2v) is 6.13. The van der Waals surface area contributed by atoms with Gasteiger partial charge in [0.2, 0.25) is 0 Å². The third-order valence-corrected chi connectivity index (χ3v) is 5.38. The molecule has 1 aromatic heterocycles. The molecule has 2 heteroatoms. The average Bonchev–Trinajstić information content (AvgIpc) is 2.80. The normalized spacial score (nSPS) is 41.1. The topological polar surface area (TPSA) is 33.1 Å². The number of hydrogen-bond donors (Lipinski definition) is 1. The first-order valence-corrected chi connectivity index (χ1v) is 7.14. The van der Waals surface area contributed by atoms with E-state index in [0.29, 0.717) is 17.8 Å². The first-order valence-electron chi connectivity index (χ1n) is 7.14. The molecule has 94 valence electrons. The van der Waals surface area contributed by atoms with Crippen LogP contribution in [0.2, 0.25) is 0 Å². The van der Waals surface area contributed by atoms with Gasteiger partial charge in [-0.2, -0.15) is 0 Å². The van der Waals surface area contributed by atoms with Crippen molar-refractivity contribution in [2.75, 3.05) is 0 Å². The molecule has 0 amide bonds. The fourth-order valence-electron chi connectivity index (χ4n) is 4.52. The van der Waals surface area contributed by atoms with E-state index in [9.17, 15) is 5.11 Å². The lowest BCUT2D eigenvalue weighted by Crippen LogP contribution is -2.47. The molecule has 4 atom stereocenters. The molecule has 4 rings (SSSR count). The molecule has 0 saturated heterocycles. The highest BCUT2D eigenvalue weighted by molar-refractivity contribution is 5.57. The number of rotatable bonds is 0. The van der Waals surface area contributed by atoms with Crippen LogP contribution in [0.1, 0.15) is 49.3 Å². The molecular weight excluding hydrogens is 222 g/mol. The van der Waals surface area contributed by atoms with Crippen molar-refractivity contribution in [3.8, 4) is 0 Å². The molecule has 2 nitrogen and oxygen atoms in total. The van der Waals surface area contributed by atoms with E-state index in [1.807, 2.05) is 12.3 Å². The van der Waals surface area contributed by atoms with Crippen LogP contribution in [0.3, 0.4) is 0 Å². The molecular formula is C16H19NO. The summed E-state index contributed by atoms with van der Waals surface area (Å²) in [5.41, 5.74) is 2.01. The van der Waals surface area contributed by atoms with Crippen LogP contribution in [0, 0.1) is 11.8 Å². The summed E-state index contributed by atoms with van der Waals surface area (Å²) in [5.74, 6) is 1.25. The molecule has 3 aliphatic rings. The number of pyridine rings is 1. The molecule has 0 aromatic carbocycles. The molecule has 2 saturated carbocycles. The molecule has 0 spiro atoms. The van der Waals surface area contributed by atoms with Gasteiger partial charge in [0.25, 0.3) is 0 Å². The van der Waals surface area contributed by atoms with E-state index in [-0.39, 0.29) is 0 Å². The van der Waals surface area contributed by atoms with Crippen LogP contribution in [-0.2, 0) is 0 Å². The van der Waals surface area contributed by atoms with Gasteiger partial charge in [-0.1, -0.05) is 24.6 Å². The Morgan fingerprint density at radius 2 is 2.22 bits per heavy atom. The van der Waals surface area contributed by atoms with Gasteiger partial charge in [-0.15, -0.1) is 0 Å². The number of aliphatic hydroxyl groups is 1. The largest absolute Gasteiger partial charge is 0.389 e. The zero-order valence-electron chi connectivity index (χ0n) is 10.5. The number of nitrogens with zero attached hydrogens (tertiary/aromatic N) is 1. The van der Waals surface area contributed by atoms with Crippen LogP contribution in [0.15, 0.2) is 24.4 Å². The predicted octanol–water partition coefficient (Wildman–Crippen LogP) is 3.13. The Bertz CT molecular complexity index is 510. The second kappa shape index (κ2) is 3.67. The molecule has 0 radical (unpaired) electrons. The van der Waals surface area contributed by atoms with Crippen molar-refractivity contribution in [1.29, 1.82) is 0 Å². The lowest BCUT2D eigenvalue weighted by molar-refractivity contribution is -0.0684. The van der Waals surface area contributed by atoms with Crippen LogP contribution in [0.5, 0.6) is 0 Å². The zero-order valence-corrected chi connectivity index (χ0v) is 10.5. The Morgan fingerprint density at radius 3 is 3.17 bits per heavy atom. The quantitative estimate of drug-likeness (QED) is 0.757. The lowest BCUT2D eigenvalue weighted by Gasteiger charge is -2.47. The van der Waals surface area contributed by atoms with E-state index in [4.69, 9.17) is 0 Å². The van der Waals surface area contributed by atoms with Gasteiger partial charge in [0, 0.05) is 18.0 Å². The Balaban J connectivity index is 1.80. The van der Waals surface area contributed by atoms with Gasteiger partial charge in [0.15, 0.2) is 0 Å². The minimum atomic E-state index is -0.450. The molecule has 1 aromatic rings. The van der Waals surface area contributed by atoms with Crippen molar-refractivity contribution in [3.63, 3.8) is 0 Å². The van der Waals surface area contributed by atoms with Gasteiger partial charge in [-0.25, -0.2) is 0 Å². The predicted molar refractivity (Wildman–Crippen MR) is 71.0 cm³/mol. The first kappa shape index (κ1) is 10.7. The maximum absolute atomic E-state index is 11.1. The summed E-state index contributed by atoms with van der Waals surface area (Å²) < 4.78 is 0. The Labute approximate surface area is 108 Å². The van der Waals surface area contributed by atoms with Gasteiger partial charge in [-0.3, -0.25) is 4.98 Å². The smallest absolute Gasteiger partial charge is 0.0744 e. The first-order chi connectivity index (χ1) is 8.79. The summed E-state index contributed by atoms with van der Waals surface area (Å²) in [4.78, 5) is 4.59. The van der Waals surface area contributed by atoms with Gasteiger partial charge in [-0.05, 0) is 43.2 Å². The van der Waals surface area contributed by atoms with Crippen molar-refractivity contribution in [1.82, 2.24) is 4.98 Å². The van der Waals surface area contributed by atoms with E-state index in [2.05, 4.69) is 23.2 Å². The molecule has 1 N–H and O–H groups in total. The van der Waals surface area contributed by atoms with Crippen molar-refractivity contribution in [2.45, 2.75) is 43.6 Å². The maximum Gasteiger partial charge on any atom is 0.0744 e. The third kappa shape index (κ3) is 1.30. The number of hydrogen-bond acceptors (Lipinski definition) is 2. The van der Waals surface area contributed by atoms with E-state index >= 15 is 0 Å². The highest BCUT2D eigenvalue weighted by atomic mass is 16.3. The molecule has 0 aliphatic heterocycles. The molecule has 1 heterocycles. The van der Waals surface area contributed by atoms with Crippen molar-refractivity contribution >= 4 is 6.08 Å². The fourth-order valence-corrected chi connectivity index (χ4v) is 4.52. The van der Waals surface area contributed by atoms with Gasteiger partial charge >= 0.3 is 0 Å². The van der Waals surface area contributed by atoms with Crippen molar-refractivity contribution in [2.24, 2.45) is 11.8 Å². The summed E-state index contributed by atoms with van der Waals surface area (Å²) in [6.45, 7) is 0. The Kier molecular flexibility index (Phi) is 2.19. The van der Waals surface area contributed by atoms with Crippen molar-refractivity contribution < 1.29 is 5.11 Å². The molecule has 18 heavy (non-hydrogen) atoms. The minimum absolute atomic E-state index is 0.293.